The number of aliphatic hydroxyl groups excluding tert-OH is 1. The minimum Gasteiger partial charge on any atom is -0.443 e. The lowest BCUT2D eigenvalue weighted by molar-refractivity contribution is -0.174. The number of primary amides is 1. The summed E-state index contributed by atoms with van der Waals surface area (Å²) in [6.45, 7) is 0. The van der Waals surface area contributed by atoms with Gasteiger partial charge in [0.25, 0.3) is 0 Å². The molecule has 4 aliphatic rings. The van der Waals surface area contributed by atoms with E-state index in [1.54, 1.807) is 0 Å². The number of ether oxygens (including phenoxy) is 1. The first kappa shape index (κ1) is 9.46. The number of amides is 1. The van der Waals surface area contributed by atoms with Crippen molar-refractivity contribution in [2.45, 2.75) is 43.8 Å². The number of hydrogen-bond donors (Lipinski definition) is 2. The van der Waals surface area contributed by atoms with Crippen LogP contribution in [0.3, 0.4) is 0 Å². The first-order valence-corrected chi connectivity index (χ1v) is 5.74. The van der Waals surface area contributed by atoms with Crippen LogP contribution in [0.1, 0.15) is 32.1 Å². The molecular formula is C11H17NO3. The summed E-state index contributed by atoms with van der Waals surface area (Å²) in [6.07, 6.45) is 3.94. The molecule has 0 aromatic carbocycles. The first-order valence-electron chi connectivity index (χ1n) is 5.74. The summed E-state index contributed by atoms with van der Waals surface area (Å²) in [5.74, 6) is 1.29. The van der Waals surface area contributed by atoms with Gasteiger partial charge in [-0.1, -0.05) is 0 Å². The largest absolute Gasteiger partial charge is 0.443 e. The van der Waals surface area contributed by atoms with Gasteiger partial charge in [-0.15, -0.1) is 0 Å². The van der Waals surface area contributed by atoms with Crippen LogP contribution in [0.15, 0.2) is 0 Å². The molecule has 0 aliphatic heterocycles. The Balaban J connectivity index is 1.85. The number of rotatable bonds is 1. The molecule has 0 heterocycles. The van der Waals surface area contributed by atoms with Crippen molar-refractivity contribution < 1.29 is 14.6 Å². The molecule has 0 aromatic heterocycles. The Hall–Kier alpha value is -0.770. The maximum absolute atomic E-state index is 10.9. The number of hydrogen-bond acceptors (Lipinski definition) is 3. The normalized spacial score (nSPS) is 51.8. The molecule has 4 bridgehead atoms. The van der Waals surface area contributed by atoms with Gasteiger partial charge in [0.15, 0.2) is 0 Å². The van der Waals surface area contributed by atoms with E-state index in [1.807, 2.05) is 0 Å². The molecule has 0 aromatic rings. The summed E-state index contributed by atoms with van der Waals surface area (Å²) < 4.78 is 5.33. The fourth-order valence-electron chi connectivity index (χ4n) is 4.26. The lowest BCUT2D eigenvalue weighted by atomic mass is 9.53. The maximum atomic E-state index is 10.9. The molecule has 15 heavy (non-hydrogen) atoms. The van der Waals surface area contributed by atoms with E-state index in [0.29, 0.717) is 17.8 Å². The zero-order valence-electron chi connectivity index (χ0n) is 8.69. The molecule has 4 nitrogen and oxygen atoms in total. The highest BCUT2D eigenvalue weighted by Gasteiger charge is 2.56. The second-order valence-electron chi connectivity index (χ2n) is 5.56. The Morgan fingerprint density at radius 2 is 1.87 bits per heavy atom. The molecule has 2 unspecified atom stereocenters. The highest BCUT2D eigenvalue weighted by molar-refractivity contribution is 5.65. The highest BCUT2D eigenvalue weighted by atomic mass is 16.6. The lowest BCUT2D eigenvalue weighted by Gasteiger charge is -2.57. The summed E-state index contributed by atoms with van der Waals surface area (Å²) in [6, 6.07) is 0. The fraction of sp³-hybridized carbons (Fsp3) is 0.909. The standard InChI is InChI=1S/C11H17NO3/c12-10(14)15-11-3-6-1-7(4-11)9(13)8(2-6)5-11/h6-9,13H,1-5H2,(H2,12,14). The maximum Gasteiger partial charge on any atom is 0.405 e. The van der Waals surface area contributed by atoms with Crippen LogP contribution >= 0.6 is 0 Å². The molecule has 84 valence electrons. The number of carbonyl (C=O) groups is 1. The van der Waals surface area contributed by atoms with Crippen molar-refractivity contribution in [3.05, 3.63) is 0 Å². The second kappa shape index (κ2) is 2.88. The minimum absolute atomic E-state index is 0.175. The molecule has 4 heteroatoms. The van der Waals surface area contributed by atoms with Gasteiger partial charge in [-0.2, -0.15) is 0 Å². The van der Waals surface area contributed by atoms with Crippen LogP contribution in [0.25, 0.3) is 0 Å². The smallest absolute Gasteiger partial charge is 0.405 e. The Morgan fingerprint density at radius 3 is 2.40 bits per heavy atom. The summed E-state index contributed by atoms with van der Waals surface area (Å²) in [7, 11) is 0. The van der Waals surface area contributed by atoms with Crippen LogP contribution < -0.4 is 5.73 Å². The SMILES string of the molecule is NC(=O)OC12CC3CC(C1)C(O)C(C3)C2. The summed E-state index contributed by atoms with van der Waals surface area (Å²) >= 11 is 0. The topological polar surface area (TPSA) is 72.6 Å². The van der Waals surface area contributed by atoms with Gasteiger partial charge < -0.3 is 15.6 Å². The molecule has 0 saturated heterocycles. The molecule has 3 N–H and O–H groups in total. The zero-order valence-corrected chi connectivity index (χ0v) is 8.69. The molecule has 4 saturated carbocycles. The molecule has 4 fully saturated rings. The average molecular weight is 211 g/mol. The van der Waals surface area contributed by atoms with E-state index in [9.17, 15) is 9.90 Å². The van der Waals surface area contributed by atoms with E-state index < -0.39 is 6.09 Å². The van der Waals surface area contributed by atoms with Crippen LogP contribution in [-0.2, 0) is 4.74 Å². The molecule has 1 amide bonds. The molecule has 2 atom stereocenters. The third-order valence-corrected chi connectivity index (χ3v) is 4.48. The lowest BCUT2D eigenvalue weighted by Crippen LogP contribution is -2.58. The number of aliphatic hydroxyl groups is 1. The molecular weight excluding hydrogens is 194 g/mol. The van der Waals surface area contributed by atoms with Crippen LogP contribution in [0.5, 0.6) is 0 Å². The van der Waals surface area contributed by atoms with Crippen molar-refractivity contribution in [1.29, 1.82) is 0 Å². The van der Waals surface area contributed by atoms with Gasteiger partial charge in [0.1, 0.15) is 5.60 Å². The Labute approximate surface area is 88.8 Å². The summed E-state index contributed by atoms with van der Waals surface area (Å²) in [5.41, 5.74) is 4.79. The van der Waals surface area contributed by atoms with Crippen LogP contribution in [0.2, 0.25) is 0 Å². The van der Waals surface area contributed by atoms with E-state index in [1.165, 1.54) is 0 Å². The van der Waals surface area contributed by atoms with Crippen molar-refractivity contribution in [3.8, 4) is 0 Å². The van der Waals surface area contributed by atoms with Crippen LogP contribution in [-0.4, -0.2) is 22.9 Å². The van der Waals surface area contributed by atoms with Gasteiger partial charge in [-0.05, 0) is 49.9 Å². The number of carbonyl (C=O) groups excluding carboxylic acids is 1. The van der Waals surface area contributed by atoms with E-state index in [0.717, 1.165) is 32.1 Å². The van der Waals surface area contributed by atoms with Crippen molar-refractivity contribution in [2.75, 3.05) is 0 Å². The number of nitrogens with two attached hydrogens (primary N) is 1. The second-order valence-corrected chi connectivity index (χ2v) is 5.56. The van der Waals surface area contributed by atoms with Gasteiger partial charge in [-0.3, -0.25) is 0 Å². The van der Waals surface area contributed by atoms with Gasteiger partial charge in [0.2, 0.25) is 0 Å². The van der Waals surface area contributed by atoms with Crippen molar-refractivity contribution in [3.63, 3.8) is 0 Å². The van der Waals surface area contributed by atoms with Crippen molar-refractivity contribution in [2.24, 2.45) is 23.5 Å². The van der Waals surface area contributed by atoms with E-state index in [4.69, 9.17) is 10.5 Å². The third kappa shape index (κ3) is 1.34. The minimum atomic E-state index is -0.661. The monoisotopic (exact) mass is 211 g/mol. The van der Waals surface area contributed by atoms with E-state index in [2.05, 4.69) is 0 Å². The van der Waals surface area contributed by atoms with Gasteiger partial charge in [-0.25, -0.2) is 4.79 Å². The molecule has 0 radical (unpaired) electrons. The van der Waals surface area contributed by atoms with Crippen molar-refractivity contribution >= 4 is 6.09 Å². The quantitative estimate of drug-likeness (QED) is 0.680. The predicted octanol–water partition coefficient (Wildman–Crippen LogP) is 1.02. The van der Waals surface area contributed by atoms with Crippen LogP contribution in [0, 0.1) is 17.8 Å². The molecule has 4 rings (SSSR count). The van der Waals surface area contributed by atoms with Gasteiger partial charge >= 0.3 is 6.09 Å². The highest BCUT2D eigenvalue weighted by Crippen LogP contribution is 2.57. The Kier molecular flexibility index (Phi) is 1.81. The van der Waals surface area contributed by atoms with Gasteiger partial charge in [0.05, 0.1) is 6.10 Å². The molecule has 0 spiro atoms. The van der Waals surface area contributed by atoms with Crippen LogP contribution in [0.4, 0.5) is 4.79 Å². The first-order chi connectivity index (χ1) is 7.08. The van der Waals surface area contributed by atoms with E-state index >= 15 is 0 Å². The van der Waals surface area contributed by atoms with E-state index in [-0.39, 0.29) is 11.7 Å². The average Bonchev–Trinajstić information content (AvgIpc) is 2.10. The molecule has 4 aliphatic carbocycles. The third-order valence-electron chi connectivity index (χ3n) is 4.48. The predicted molar refractivity (Wildman–Crippen MR) is 53.0 cm³/mol. The Morgan fingerprint density at radius 1 is 1.27 bits per heavy atom. The fourth-order valence-corrected chi connectivity index (χ4v) is 4.26. The summed E-state index contributed by atoms with van der Waals surface area (Å²) in [5, 5.41) is 10.0. The van der Waals surface area contributed by atoms with Crippen molar-refractivity contribution in [1.82, 2.24) is 0 Å². The van der Waals surface area contributed by atoms with Gasteiger partial charge in [0, 0.05) is 0 Å². The summed E-state index contributed by atoms with van der Waals surface area (Å²) in [4.78, 5) is 10.9. The zero-order chi connectivity index (χ0) is 10.6. The Bertz CT molecular complexity index is 288.